The minimum atomic E-state index is -0.738. The summed E-state index contributed by atoms with van der Waals surface area (Å²) in [5.41, 5.74) is 9.74. The highest BCUT2D eigenvalue weighted by Crippen LogP contribution is 2.19. The second kappa shape index (κ2) is 12.8. The van der Waals surface area contributed by atoms with Crippen molar-refractivity contribution in [1.82, 2.24) is 26.5 Å². The minimum Gasteiger partial charge on any atom is -0.361 e. The average molecular weight is 504 g/mol. The third-order valence-electron chi connectivity index (χ3n) is 5.93. The Hall–Kier alpha value is -3.81. The summed E-state index contributed by atoms with van der Waals surface area (Å²) in [4.78, 5) is 28.9. The largest absolute Gasteiger partial charge is 0.361 e. The number of H-pyrrole nitrogens is 1. The number of carbonyl (C=O) groups excluding carboxylic acids is 2. The lowest BCUT2D eigenvalue weighted by Gasteiger charge is -2.19. The standard InChI is InChI=1S/C28H30ClN5O2/c29-23-12-10-21(11-13-23)15-17-32-34-28(36)33-26(18-22-19-31-25-9-5-4-8-24(22)25)27(35)30-16-14-20-6-2-1-3-7-20/h1-13,19,26,31-32H,14-18H2,(H,30,35)(H2,33,34,36)/t26-/m1/s1. The lowest BCUT2D eigenvalue weighted by Crippen LogP contribution is -2.54. The summed E-state index contributed by atoms with van der Waals surface area (Å²) < 4.78 is 0. The highest BCUT2D eigenvalue weighted by Gasteiger charge is 2.22. The molecule has 8 heteroatoms. The molecule has 0 saturated heterocycles. The monoisotopic (exact) mass is 503 g/mol. The maximum atomic E-state index is 13.1. The van der Waals surface area contributed by atoms with E-state index in [2.05, 4.69) is 26.5 Å². The molecule has 3 amide bonds. The second-order valence-corrected chi connectivity index (χ2v) is 8.98. The number of hydrazine groups is 1. The van der Waals surface area contributed by atoms with Gasteiger partial charge < -0.3 is 15.6 Å². The van der Waals surface area contributed by atoms with Gasteiger partial charge in [-0.05, 0) is 47.7 Å². The normalized spacial score (nSPS) is 11.7. The molecule has 7 nitrogen and oxygen atoms in total. The predicted octanol–water partition coefficient (Wildman–Crippen LogP) is 4.14. The van der Waals surface area contributed by atoms with Crippen LogP contribution in [-0.2, 0) is 24.1 Å². The Morgan fingerprint density at radius 2 is 1.53 bits per heavy atom. The van der Waals surface area contributed by atoms with Gasteiger partial charge in [0.25, 0.3) is 0 Å². The van der Waals surface area contributed by atoms with E-state index in [4.69, 9.17) is 11.6 Å². The number of benzene rings is 3. The van der Waals surface area contributed by atoms with Crippen molar-refractivity contribution < 1.29 is 9.59 Å². The lowest BCUT2D eigenvalue weighted by atomic mass is 10.0. The van der Waals surface area contributed by atoms with E-state index in [1.807, 2.05) is 85.1 Å². The van der Waals surface area contributed by atoms with Crippen LogP contribution in [0.3, 0.4) is 0 Å². The van der Waals surface area contributed by atoms with Crippen molar-refractivity contribution in [3.05, 3.63) is 107 Å². The third kappa shape index (κ3) is 7.34. The van der Waals surface area contributed by atoms with Gasteiger partial charge in [-0.2, -0.15) is 0 Å². The number of urea groups is 1. The van der Waals surface area contributed by atoms with Crippen LogP contribution in [0.25, 0.3) is 10.9 Å². The van der Waals surface area contributed by atoms with Crippen molar-refractivity contribution in [1.29, 1.82) is 0 Å². The topological polar surface area (TPSA) is 98.1 Å². The summed E-state index contributed by atoms with van der Waals surface area (Å²) in [7, 11) is 0. The molecule has 4 aromatic rings. The molecular formula is C28H30ClN5O2. The van der Waals surface area contributed by atoms with Crippen LogP contribution < -0.4 is 21.5 Å². The van der Waals surface area contributed by atoms with E-state index >= 15 is 0 Å². The average Bonchev–Trinajstić information content (AvgIpc) is 3.30. The van der Waals surface area contributed by atoms with Crippen molar-refractivity contribution in [2.45, 2.75) is 25.3 Å². The van der Waals surface area contributed by atoms with E-state index in [0.29, 0.717) is 31.0 Å². The van der Waals surface area contributed by atoms with E-state index in [-0.39, 0.29) is 5.91 Å². The second-order valence-electron chi connectivity index (χ2n) is 8.54. The van der Waals surface area contributed by atoms with Crippen LogP contribution in [0.15, 0.2) is 85.1 Å². The van der Waals surface area contributed by atoms with Gasteiger partial charge in [0.2, 0.25) is 5.91 Å². The molecule has 0 fully saturated rings. The van der Waals surface area contributed by atoms with Crippen LogP contribution in [0.4, 0.5) is 4.79 Å². The molecule has 186 valence electrons. The fourth-order valence-electron chi connectivity index (χ4n) is 4.02. The van der Waals surface area contributed by atoms with Crippen molar-refractivity contribution in [3.63, 3.8) is 0 Å². The van der Waals surface area contributed by atoms with E-state index in [1.54, 1.807) is 0 Å². The Morgan fingerprint density at radius 3 is 2.33 bits per heavy atom. The summed E-state index contributed by atoms with van der Waals surface area (Å²) >= 11 is 5.92. The van der Waals surface area contributed by atoms with Crippen LogP contribution in [0.2, 0.25) is 5.02 Å². The van der Waals surface area contributed by atoms with Gasteiger partial charge in [-0.3, -0.25) is 10.2 Å². The van der Waals surface area contributed by atoms with Crippen LogP contribution in [0.5, 0.6) is 0 Å². The highest BCUT2D eigenvalue weighted by molar-refractivity contribution is 6.30. The van der Waals surface area contributed by atoms with Gasteiger partial charge in [0.05, 0.1) is 0 Å². The number of amides is 3. The van der Waals surface area contributed by atoms with Crippen molar-refractivity contribution in [3.8, 4) is 0 Å². The highest BCUT2D eigenvalue weighted by atomic mass is 35.5. The van der Waals surface area contributed by atoms with Crippen LogP contribution in [-0.4, -0.2) is 36.1 Å². The van der Waals surface area contributed by atoms with Gasteiger partial charge in [0, 0.05) is 41.6 Å². The zero-order valence-electron chi connectivity index (χ0n) is 19.9. The summed E-state index contributed by atoms with van der Waals surface area (Å²) in [6.45, 7) is 1.02. The number of rotatable bonds is 11. The lowest BCUT2D eigenvalue weighted by molar-refractivity contribution is -0.122. The fourth-order valence-corrected chi connectivity index (χ4v) is 4.15. The van der Waals surface area contributed by atoms with Gasteiger partial charge in [-0.1, -0.05) is 72.3 Å². The first kappa shape index (κ1) is 25.3. The molecule has 36 heavy (non-hydrogen) atoms. The quantitative estimate of drug-likeness (QED) is 0.157. The molecule has 0 aliphatic rings. The maximum Gasteiger partial charge on any atom is 0.329 e. The maximum absolute atomic E-state index is 13.1. The number of carbonyl (C=O) groups is 2. The van der Waals surface area contributed by atoms with Crippen LogP contribution in [0, 0.1) is 0 Å². The smallest absolute Gasteiger partial charge is 0.329 e. The number of halogens is 1. The minimum absolute atomic E-state index is 0.229. The number of hydrogen-bond acceptors (Lipinski definition) is 3. The number of para-hydroxylation sites is 1. The van der Waals surface area contributed by atoms with E-state index in [1.165, 1.54) is 0 Å². The summed E-state index contributed by atoms with van der Waals surface area (Å²) in [5.74, 6) is -0.229. The van der Waals surface area contributed by atoms with E-state index < -0.39 is 12.1 Å². The zero-order valence-corrected chi connectivity index (χ0v) is 20.6. The summed E-state index contributed by atoms with van der Waals surface area (Å²) in [6.07, 6.45) is 3.68. The Kier molecular flexibility index (Phi) is 8.97. The molecule has 5 N–H and O–H groups in total. The first-order chi connectivity index (χ1) is 17.6. The van der Waals surface area contributed by atoms with E-state index in [9.17, 15) is 9.59 Å². The molecule has 0 unspecified atom stereocenters. The number of aromatic amines is 1. The molecule has 0 saturated carbocycles. The summed E-state index contributed by atoms with van der Waals surface area (Å²) in [6, 6.07) is 24.2. The Bertz CT molecular complexity index is 1270. The molecule has 1 atom stereocenters. The Morgan fingerprint density at radius 1 is 0.833 bits per heavy atom. The van der Waals surface area contributed by atoms with Crippen molar-refractivity contribution in [2.75, 3.05) is 13.1 Å². The molecule has 0 bridgehead atoms. The van der Waals surface area contributed by atoms with E-state index in [0.717, 1.165) is 34.0 Å². The third-order valence-corrected chi connectivity index (χ3v) is 6.18. The molecule has 1 aromatic heterocycles. The molecule has 4 rings (SSSR count). The van der Waals surface area contributed by atoms with Crippen molar-refractivity contribution >= 4 is 34.4 Å². The fraction of sp³-hybridized carbons (Fsp3) is 0.214. The molecular weight excluding hydrogens is 474 g/mol. The zero-order chi connectivity index (χ0) is 25.2. The number of aromatic nitrogens is 1. The van der Waals surface area contributed by atoms with Crippen LogP contribution in [0.1, 0.15) is 16.7 Å². The number of fused-ring (bicyclic) bond motifs is 1. The van der Waals surface area contributed by atoms with Gasteiger partial charge in [-0.15, -0.1) is 0 Å². The van der Waals surface area contributed by atoms with Gasteiger partial charge in [0.1, 0.15) is 6.04 Å². The van der Waals surface area contributed by atoms with Crippen molar-refractivity contribution in [2.24, 2.45) is 0 Å². The predicted molar refractivity (Wildman–Crippen MR) is 144 cm³/mol. The Balaban J connectivity index is 1.33. The molecule has 3 aromatic carbocycles. The Labute approximate surface area is 215 Å². The van der Waals surface area contributed by atoms with Gasteiger partial charge in [-0.25, -0.2) is 10.2 Å². The molecule has 0 aliphatic heterocycles. The summed E-state index contributed by atoms with van der Waals surface area (Å²) in [5, 5.41) is 7.50. The first-order valence-corrected chi connectivity index (χ1v) is 12.4. The molecule has 0 spiro atoms. The molecule has 0 radical (unpaired) electrons. The first-order valence-electron chi connectivity index (χ1n) is 12.0. The van der Waals surface area contributed by atoms with Crippen LogP contribution >= 0.6 is 11.6 Å². The van der Waals surface area contributed by atoms with Gasteiger partial charge >= 0.3 is 6.03 Å². The van der Waals surface area contributed by atoms with Gasteiger partial charge in [0.15, 0.2) is 0 Å². The SMILES string of the molecule is O=C(NNCCc1ccc(Cl)cc1)N[C@H](Cc1c[nH]c2ccccc12)C(=O)NCCc1ccccc1. The number of nitrogens with one attached hydrogen (secondary N) is 5. The molecule has 0 aliphatic carbocycles. The number of hydrogen-bond donors (Lipinski definition) is 5. The molecule has 1 heterocycles.